The molecule has 1 aliphatic carbocycles. The van der Waals surface area contributed by atoms with E-state index in [0.717, 1.165) is 48.7 Å². The molecule has 8 heteroatoms. The number of aromatic nitrogens is 1. The summed E-state index contributed by atoms with van der Waals surface area (Å²) >= 11 is 0. The number of pyridine rings is 1. The third kappa shape index (κ3) is 5.17. The molecule has 0 radical (unpaired) electrons. The first kappa shape index (κ1) is 25.2. The predicted octanol–water partition coefficient (Wildman–Crippen LogP) is 4.79. The molecule has 1 aromatic heterocycles. The van der Waals surface area contributed by atoms with Crippen LogP contribution >= 0.6 is 0 Å². The lowest BCUT2D eigenvalue weighted by atomic mass is 9.97. The second-order valence-electron chi connectivity index (χ2n) is 10.4. The van der Waals surface area contributed by atoms with Crippen LogP contribution in [0.3, 0.4) is 0 Å². The van der Waals surface area contributed by atoms with Crippen molar-refractivity contribution in [2.24, 2.45) is 0 Å². The molecule has 5 nitrogen and oxygen atoms in total. The second-order valence-corrected chi connectivity index (χ2v) is 10.4. The Kier molecular flexibility index (Phi) is 7.12. The Bertz CT molecular complexity index is 1110. The topological polar surface area (TPSA) is 31.8 Å². The summed E-state index contributed by atoms with van der Waals surface area (Å²) in [6, 6.07) is 10.3. The molecule has 0 unspecified atom stereocenters. The molecular formula is C28H35F3N4O. The van der Waals surface area contributed by atoms with Gasteiger partial charge in [0, 0.05) is 74.4 Å². The van der Waals surface area contributed by atoms with Crippen molar-refractivity contribution in [1.29, 1.82) is 0 Å². The Morgan fingerprint density at radius 2 is 1.64 bits per heavy atom. The van der Waals surface area contributed by atoms with Crippen LogP contribution in [-0.2, 0) is 11.2 Å². The van der Waals surface area contributed by atoms with Crippen molar-refractivity contribution in [3.63, 3.8) is 0 Å². The number of alkyl halides is 3. The minimum atomic E-state index is -4.44. The predicted molar refractivity (Wildman–Crippen MR) is 137 cm³/mol. The zero-order valence-corrected chi connectivity index (χ0v) is 21.4. The fourth-order valence-corrected chi connectivity index (χ4v) is 5.70. The van der Waals surface area contributed by atoms with Gasteiger partial charge in [-0.15, -0.1) is 0 Å². The number of rotatable bonds is 5. The third-order valence-corrected chi connectivity index (χ3v) is 7.59. The van der Waals surface area contributed by atoms with Gasteiger partial charge >= 0.3 is 6.18 Å². The number of morpholine rings is 1. The first-order valence-corrected chi connectivity index (χ1v) is 12.9. The van der Waals surface area contributed by atoms with Gasteiger partial charge in [-0.2, -0.15) is 13.2 Å². The van der Waals surface area contributed by atoms with Gasteiger partial charge in [0.15, 0.2) is 0 Å². The number of ether oxygens (including phenoxy) is 1. The van der Waals surface area contributed by atoms with E-state index >= 15 is 0 Å². The first-order chi connectivity index (χ1) is 17.2. The molecule has 0 N–H and O–H groups in total. The van der Waals surface area contributed by atoms with Gasteiger partial charge in [0.05, 0.1) is 24.5 Å². The summed E-state index contributed by atoms with van der Waals surface area (Å²) < 4.78 is 48.9. The summed E-state index contributed by atoms with van der Waals surface area (Å²) in [4.78, 5) is 11.5. The molecule has 0 atom stereocenters. The average Bonchev–Trinajstić information content (AvgIpc) is 3.22. The molecule has 2 aliphatic heterocycles. The molecule has 36 heavy (non-hydrogen) atoms. The molecule has 3 aliphatic rings. The van der Waals surface area contributed by atoms with Crippen LogP contribution in [0.25, 0.3) is 16.8 Å². The van der Waals surface area contributed by atoms with Crippen LogP contribution in [0.4, 0.5) is 18.9 Å². The fraction of sp³-hybridized carbons (Fsp3) is 0.536. The molecule has 5 rings (SSSR count). The normalized spacial score (nSPS) is 19.9. The summed E-state index contributed by atoms with van der Waals surface area (Å²) in [6.07, 6.45) is -4.12. The van der Waals surface area contributed by atoms with Crippen molar-refractivity contribution in [1.82, 2.24) is 14.8 Å². The number of fused-ring (bicyclic) bond motifs is 1. The lowest BCUT2D eigenvalue weighted by Gasteiger charge is -2.38. The molecule has 194 valence electrons. The van der Waals surface area contributed by atoms with Crippen molar-refractivity contribution in [3.8, 4) is 11.3 Å². The van der Waals surface area contributed by atoms with Gasteiger partial charge in [0.25, 0.3) is 0 Å². The van der Waals surface area contributed by atoms with Crippen LogP contribution in [0.15, 0.2) is 35.9 Å². The van der Waals surface area contributed by atoms with Gasteiger partial charge in [-0.25, -0.2) is 0 Å². The minimum absolute atomic E-state index is 0.259. The minimum Gasteiger partial charge on any atom is -0.379 e. The maximum atomic E-state index is 14.5. The Labute approximate surface area is 211 Å². The van der Waals surface area contributed by atoms with Crippen molar-refractivity contribution in [2.75, 3.05) is 63.9 Å². The van der Waals surface area contributed by atoms with E-state index in [0.29, 0.717) is 56.6 Å². The second kappa shape index (κ2) is 10.1. The number of aryl methyl sites for hydroxylation is 1. The number of piperazine rings is 1. The molecule has 0 amide bonds. The number of anilines is 1. The molecule has 0 spiro atoms. The molecule has 0 bridgehead atoms. The number of nitrogens with zero attached hydrogens (tertiary/aromatic N) is 4. The van der Waals surface area contributed by atoms with E-state index in [4.69, 9.17) is 4.74 Å². The molecule has 0 saturated carbocycles. The van der Waals surface area contributed by atoms with Crippen molar-refractivity contribution < 1.29 is 17.9 Å². The Morgan fingerprint density at radius 1 is 0.972 bits per heavy atom. The molecular weight excluding hydrogens is 465 g/mol. The summed E-state index contributed by atoms with van der Waals surface area (Å²) in [6.45, 7) is 13.0. The van der Waals surface area contributed by atoms with Gasteiger partial charge in [-0.1, -0.05) is 12.1 Å². The van der Waals surface area contributed by atoms with E-state index in [1.165, 1.54) is 0 Å². The summed E-state index contributed by atoms with van der Waals surface area (Å²) in [5, 5.41) is 0. The number of hydrogen-bond donors (Lipinski definition) is 0. The summed E-state index contributed by atoms with van der Waals surface area (Å²) in [7, 11) is 0. The Hall–Kier alpha value is -2.42. The zero-order valence-electron chi connectivity index (χ0n) is 21.4. The van der Waals surface area contributed by atoms with E-state index in [9.17, 15) is 13.2 Å². The maximum Gasteiger partial charge on any atom is 0.417 e. The van der Waals surface area contributed by atoms with Gasteiger partial charge in [0.1, 0.15) is 0 Å². The Morgan fingerprint density at radius 3 is 2.25 bits per heavy atom. The molecule has 3 heterocycles. The van der Waals surface area contributed by atoms with Crippen LogP contribution in [-0.4, -0.2) is 86.0 Å². The highest BCUT2D eigenvalue weighted by Gasteiger charge is 2.43. The molecule has 2 aromatic rings. The molecule has 2 saturated heterocycles. The van der Waals surface area contributed by atoms with E-state index in [2.05, 4.69) is 33.5 Å². The van der Waals surface area contributed by atoms with Gasteiger partial charge in [0.2, 0.25) is 0 Å². The highest BCUT2D eigenvalue weighted by molar-refractivity contribution is 5.88. The van der Waals surface area contributed by atoms with Gasteiger partial charge < -0.3 is 9.64 Å². The van der Waals surface area contributed by atoms with Crippen LogP contribution in [0.1, 0.15) is 30.7 Å². The summed E-state index contributed by atoms with van der Waals surface area (Å²) in [5.74, 6) is 0. The van der Waals surface area contributed by atoms with Crippen molar-refractivity contribution in [2.45, 2.75) is 39.4 Å². The van der Waals surface area contributed by atoms with Crippen LogP contribution in [0.2, 0.25) is 0 Å². The van der Waals surface area contributed by atoms with Crippen molar-refractivity contribution >= 4 is 11.3 Å². The van der Waals surface area contributed by atoms with E-state index in [-0.39, 0.29) is 5.56 Å². The standard InChI is InChI=1S/C28H35F3N4O/c1-19(2)34-8-10-35(11-9-34)24-6-4-21(5-7-24)27-25-22(16-20(3)32-27)17-23(26(25)28(29,30)31)18-33-12-14-36-15-13-33/h4-7,16,19H,8-15,17-18H2,1-3H3. The highest BCUT2D eigenvalue weighted by atomic mass is 19.4. The van der Waals surface area contributed by atoms with Crippen LogP contribution in [0, 0.1) is 6.92 Å². The smallest absolute Gasteiger partial charge is 0.379 e. The largest absolute Gasteiger partial charge is 0.417 e. The average molecular weight is 501 g/mol. The van der Waals surface area contributed by atoms with Gasteiger partial charge in [-0.3, -0.25) is 14.8 Å². The number of halogens is 3. The lowest BCUT2D eigenvalue weighted by Crippen LogP contribution is -2.48. The lowest BCUT2D eigenvalue weighted by molar-refractivity contribution is -0.0694. The van der Waals surface area contributed by atoms with Crippen LogP contribution in [0.5, 0.6) is 0 Å². The van der Waals surface area contributed by atoms with E-state index in [1.807, 2.05) is 37.3 Å². The van der Waals surface area contributed by atoms with Crippen LogP contribution < -0.4 is 4.90 Å². The van der Waals surface area contributed by atoms with E-state index in [1.54, 1.807) is 0 Å². The molecule has 1 aromatic carbocycles. The third-order valence-electron chi connectivity index (χ3n) is 7.59. The number of hydrogen-bond acceptors (Lipinski definition) is 5. The Balaban J connectivity index is 1.46. The maximum absolute atomic E-state index is 14.5. The van der Waals surface area contributed by atoms with Gasteiger partial charge in [-0.05, 0) is 56.5 Å². The fourth-order valence-electron chi connectivity index (χ4n) is 5.70. The molecule has 2 fully saturated rings. The monoisotopic (exact) mass is 500 g/mol. The zero-order chi connectivity index (χ0) is 25.4. The summed E-state index contributed by atoms with van der Waals surface area (Å²) in [5.41, 5.74) is 3.93. The number of benzene rings is 1. The SMILES string of the molecule is Cc1cc2c(c(-c3ccc(N4CCN(C(C)C)CC4)cc3)n1)C(C(F)(F)F)=C(CN1CCOCC1)C2. The highest BCUT2D eigenvalue weighted by Crippen LogP contribution is 2.47. The number of allylic oxidation sites excluding steroid dienone is 1. The van der Waals surface area contributed by atoms with E-state index < -0.39 is 11.7 Å². The quantitative estimate of drug-likeness (QED) is 0.589. The first-order valence-electron chi connectivity index (χ1n) is 12.9. The van der Waals surface area contributed by atoms with Crippen molar-refractivity contribution in [3.05, 3.63) is 52.7 Å².